The third-order valence-electron chi connectivity index (χ3n) is 3.25. The number of hydrogen-bond donors (Lipinski definition) is 1. The van der Waals surface area contributed by atoms with E-state index >= 15 is 0 Å². The zero-order valence-electron chi connectivity index (χ0n) is 11.9. The number of nitrogens with two attached hydrogens (primary N) is 1. The van der Waals surface area contributed by atoms with Gasteiger partial charge in [0.05, 0.1) is 0 Å². The largest absolute Gasteiger partial charge is 0.327 e. The first-order chi connectivity index (χ1) is 9.54. The second-order valence-electron chi connectivity index (χ2n) is 5.16. The molecule has 0 aromatic heterocycles. The van der Waals surface area contributed by atoms with Crippen molar-refractivity contribution >= 4 is 11.8 Å². The molecule has 0 bridgehead atoms. The fourth-order valence-corrected chi connectivity index (χ4v) is 3.02. The quantitative estimate of drug-likeness (QED) is 0.838. The van der Waals surface area contributed by atoms with Crippen LogP contribution >= 0.6 is 11.8 Å². The van der Waals surface area contributed by atoms with Gasteiger partial charge in [-0.2, -0.15) is 0 Å². The Hall–Kier alpha value is -1.32. The third-order valence-corrected chi connectivity index (χ3v) is 4.43. The molecule has 0 heterocycles. The molecule has 20 heavy (non-hydrogen) atoms. The van der Waals surface area contributed by atoms with Crippen LogP contribution in [0.1, 0.15) is 16.7 Å². The maximum atomic E-state index is 13.1. The highest BCUT2D eigenvalue weighted by atomic mass is 32.2. The van der Waals surface area contributed by atoms with E-state index in [4.69, 9.17) is 5.73 Å². The van der Waals surface area contributed by atoms with Gasteiger partial charge in [0.1, 0.15) is 5.82 Å². The number of hydrogen-bond acceptors (Lipinski definition) is 2. The van der Waals surface area contributed by atoms with E-state index in [0.717, 1.165) is 17.1 Å². The van der Waals surface area contributed by atoms with Crippen molar-refractivity contribution in [1.29, 1.82) is 0 Å². The summed E-state index contributed by atoms with van der Waals surface area (Å²) >= 11 is 1.61. The summed E-state index contributed by atoms with van der Waals surface area (Å²) in [4.78, 5) is 0.932. The number of halogens is 1. The monoisotopic (exact) mass is 289 g/mol. The SMILES string of the molecule is Cc1ccc(C)c(CC(N)CSc2cccc(F)c2)c1. The van der Waals surface area contributed by atoms with Crippen LogP contribution in [-0.2, 0) is 6.42 Å². The molecule has 0 aliphatic carbocycles. The van der Waals surface area contributed by atoms with Gasteiger partial charge in [-0.05, 0) is 49.6 Å². The number of aryl methyl sites for hydroxylation is 2. The maximum absolute atomic E-state index is 13.1. The Morgan fingerprint density at radius 3 is 2.70 bits per heavy atom. The van der Waals surface area contributed by atoms with E-state index in [0.29, 0.717) is 0 Å². The molecule has 0 fully saturated rings. The van der Waals surface area contributed by atoms with E-state index in [9.17, 15) is 4.39 Å². The lowest BCUT2D eigenvalue weighted by Crippen LogP contribution is -2.26. The smallest absolute Gasteiger partial charge is 0.124 e. The van der Waals surface area contributed by atoms with Gasteiger partial charge in [-0.25, -0.2) is 4.39 Å². The van der Waals surface area contributed by atoms with Crippen LogP contribution in [0.5, 0.6) is 0 Å². The van der Waals surface area contributed by atoms with Gasteiger partial charge in [0.2, 0.25) is 0 Å². The van der Waals surface area contributed by atoms with Crippen LogP contribution in [0.3, 0.4) is 0 Å². The lowest BCUT2D eigenvalue weighted by atomic mass is 10.00. The van der Waals surface area contributed by atoms with Gasteiger partial charge in [0.15, 0.2) is 0 Å². The average molecular weight is 289 g/mol. The summed E-state index contributed by atoms with van der Waals surface area (Å²) in [7, 11) is 0. The Kier molecular flexibility index (Phi) is 5.21. The first kappa shape index (κ1) is 15.1. The van der Waals surface area contributed by atoms with Gasteiger partial charge in [-0.15, -0.1) is 11.8 Å². The summed E-state index contributed by atoms with van der Waals surface area (Å²) in [5, 5.41) is 0. The topological polar surface area (TPSA) is 26.0 Å². The van der Waals surface area contributed by atoms with Crippen molar-refractivity contribution < 1.29 is 4.39 Å². The summed E-state index contributed by atoms with van der Waals surface area (Å²) in [6.07, 6.45) is 0.857. The summed E-state index contributed by atoms with van der Waals surface area (Å²) < 4.78 is 13.1. The van der Waals surface area contributed by atoms with Crippen molar-refractivity contribution in [2.75, 3.05) is 5.75 Å². The van der Waals surface area contributed by atoms with E-state index in [2.05, 4.69) is 32.0 Å². The summed E-state index contributed by atoms with van der Waals surface area (Å²) in [5.41, 5.74) is 10.0. The van der Waals surface area contributed by atoms with Crippen LogP contribution in [-0.4, -0.2) is 11.8 Å². The predicted molar refractivity (Wildman–Crippen MR) is 84.7 cm³/mol. The molecule has 2 aromatic rings. The zero-order chi connectivity index (χ0) is 14.5. The van der Waals surface area contributed by atoms with Gasteiger partial charge < -0.3 is 5.73 Å². The van der Waals surface area contributed by atoms with Crippen LogP contribution in [0.4, 0.5) is 4.39 Å². The van der Waals surface area contributed by atoms with Crippen LogP contribution in [0.2, 0.25) is 0 Å². The molecule has 1 unspecified atom stereocenters. The number of benzene rings is 2. The molecule has 0 saturated carbocycles. The molecule has 0 amide bonds. The minimum atomic E-state index is -0.196. The molecule has 0 aliphatic rings. The van der Waals surface area contributed by atoms with E-state index in [1.165, 1.54) is 22.8 Å². The Morgan fingerprint density at radius 1 is 1.15 bits per heavy atom. The summed E-state index contributed by atoms with van der Waals surface area (Å²) in [6.45, 7) is 4.21. The lowest BCUT2D eigenvalue weighted by molar-refractivity contribution is 0.624. The molecular weight excluding hydrogens is 269 g/mol. The first-order valence-corrected chi connectivity index (χ1v) is 7.73. The zero-order valence-corrected chi connectivity index (χ0v) is 12.7. The van der Waals surface area contributed by atoms with Gasteiger partial charge in [0, 0.05) is 16.7 Å². The Bertz CT molecular complexity index is 583. The van der Waals surface area contributed by atoms with Gasteiger partial charge in [-0.1, -0.05) is 29.8 Å². The molecule has 3 heteroatoms. The van der Waals surface area contributed by atoms with Crippen molar-refractivity contribution in [1.82, 2.24) is 0 Å². The van der Waals surface area contributed by atoms with Crippen LogP contribution < -0.4 is 5.73 Å². The highest BCUT2D eigenvalue weighted by molar-refractivity contribution is 7.99. The Balaban J connectivity index is 1.92. The molecule has 1 atom stereocenters. The van der Waals surface area contributed by atoms with E-state index in [-0.39, 0.29) is 11.9 Å². The molecule has 0 aliphatic heterocycles. The van der Waals surface area contributed by atoms with Gasteiger partial charge in [0.25, 0.3) is 0 Å². The van der Waals surface area contributed by atoms with Gasteiger partial charge in [-0.3, -0.25) is 0 Å². The molecule has 2 N–H and O–H groups in total. The molecule has 0 spiro atoms. The lowest BCUT2D eigenvalue weighted by Gasteiger charge is -2.14. The molecule has 0 radical (unpaired) electrons. The highest BCUT2D eigenvalue weighted by Crippen LogP contribution is 2.21. The Morgan fingerprint density at radius 2 is 1.95 bits per heavy atom. The van der Waals surface area contributed by atoms with E-state index in [1.807, 2.05) is 6.07 Å². The molecule has 0 saturated heterocycles. The average Bonchev–Trinajstić information content (AvgIpc) is 2.41. The minimum Gasteiger partial charge on any atom is -0.327 e. The van der Waals surface area contributed by atoms with Crippen molar-refractivity contribution in [3.05, 3.63) is 65.0 Å². The normalized spacial score (nSPS) is 12.4. The highest BCUT2D eigenvalue weighted by Gasteiger charge is 2.08. The molecule has 2 aromatic carbocycles. The van der Waals surface area contributed by atoms with Crippen LogP contribution in [0, 0.1) is 19.7 Å². The fourth-order valence-electron chi connectivity index (χ4n) is 2.12. The summed E-state index contributed by atoms with van der Waals surface area (Å²) in [6, 6.07) is 13.2. The number of rotatable bonds is 5. The fraction of sp³-hybridized carbons (Fsp3) is 0.294. The van der Waals surface area contributed by atoms with Gasteiger partial charge >= 0.3 is 0 Å². The van der Waals surface area contributed by atoms with E-state index < -0.39 is 0 Å². The molecule has 1 nitrogen and oxygen atoms in total. The van der Waals surface area contributed by atoms with Crippen molar-refractivity contribution in [2.24, 2.45) is 5.73 Å². The third kappa shape index (κ3) is 4.36. The van der Waals surface area contributed by atoms with Crippen molar-refractivity contribution in [3.8, 4) is 0 Å². The van der Waals surface area contributed by atoms with Crippen LogP contribution in [0.25, 0.3) is 0 Å². The number of thioether (sulfide) groups is 1. The van der Waals surface area contributed by atoms with E-state index in [1.54, 1.807) is 23.9 Å². The minimum absolute atomic E-state index is 0.0729. The second-order valence-corrected chi connectivity index (χ2v) is 6.26. The van der Waals surface area contributed by atoms with Crippen molar-refractivity contribution in [2.45, 2.75) is 31.2 Å². The first-order valence-electron chi connectivity index (χ1n) is 6.74. The van der Waals surface area contributed by atoms with Crippen molar-refractivity contribution in [3.63, 3.8) is 0 Å². The Labute approximate surface area is 124 Å². The molecular formula is C17H20FNS. The predicted octanol–water partition coefficient (Wildman–Crippen LogP) is 4.10. The second kappa shape index (κ2) is 6.91. The molecule has 106 valence electrons. The standard InChI is InChI=1S/C17H20FNS/c1-12-6-7-13(2)14(8-12)9-16(19)11-20-17-5-3-4-15(18)10-17/h3-8,10,16H,9,11,19H2,1-2H3. The van der Waals surface area contributed by atoms with Crippen LogP contribution in [0.15, 0.2) is 47.4 Å². The summed E-state index contributed by atoms with van der Waals surface area (Å²) in [5.74, 6) is 0.592. The maximum Gasteiger partial charge on any atom is 0.124 e. The molecule has 2 rings (SSSR count).